The predicted molar refractivity (Wildman–Crippen MR) is 95.0 cm³/mol. The molecule has 0 saturated heterocycles. The Labute approximate surface area is 135 Å². The topological polar surface area (TPSA) is 52.7 Å². The number of anilines is 1. The molecule has 3 N–H and O–H groups in total. The average molecular weight is 310 g/mol. The number of nitrogens with zero attached hydrogens (tertiary/aromatic N) is 1. The third-order valence-corrected chi connectivity index (χ3v) is 3.69. The molecule has 0 radical (unpaired) electrons. The number of imidazole rings is 1. The number of para-hydroxylation sites is 2. The smallest absolute Gasteiger partial charge is 0.171 e. The van der Waals surface area contributed by atoms with Gasteiger partial charge < -0.3 is 15.6 Å². The summed E-state index contributed by atoms with van der Waals surface area (Å²) in [5, 5.41) is 7.01. The number of H-pyrrole nitrogens is 1. The number of thiocarbonyl (C=S) groups is 1. The van der Waals surface area contributed by atoms with Crippen molar-refractivity contribution in [1.29, 1.82) is 0 Å². The van der Waals surface area contributed by atoms with Crippen molar-refractivity contribution < 1.29 is 0 Å². The van der Waals surface area contributed by atoms with E-state index in [1.54, 1.807) is 0 Å². The van der Waals surface area contributed by atoms with Gasteiger partial charge in [0.25, 0.3) is 0 Å². The summed E-state index contributed by atoms with van der Waals surface area (Å²) in [6.45, 7) is 4.09. The molecule has 0 aliphatic rings. The maximum atomic E-state index is 5.36. The first-order valence-corrected chi connectivity index (χ1v) is 7.61. The number of nitrogens with one attached hydrogen (secondary N) is 3. The maximum absolute atomic E-state index is 5.36. The highest BCUT2D eigenvalue weighted by atomic mass is 32.1. The van der Waals surface area contributed by atoms with E-state index in [2.05, 4.69) is 27.5 Å². The predicted octanol–water partition coefficient (Wildman–Crippen LogP) is 3.92. The summed E-state index contributed by atoms with van der Waals surface area (Å²) in [7, 11) is 0. The standard InChI is InChI=1S/C17H18N4S/c1-11-7-9-13(10-8-11)19-17(22)18-12(2)16-20-14-5-3-4-6-15(14)21-16/h3-10,12H,1-2H3,(H,20,21)(H2,18,19,22). The zero-order valence-electron chi connectivity index (χ0n) is 12.6. The zero-order chi connectivity index (χ0) is 15.5. The van der Waals surface area contributed by atoms with Crippen LogP contribution < -0.4 is 10.6 Å². The Hall–Kier alpha value is -2.40. The molecule has 0 aliphatic heterocycles. The number of benzene rings is 2. The fourth-order valence-corrected chi connectivity index (χ4v) is 2.54. The molecule has 0 amide bonds. The molecular weight excluding hydrogens is 292 g/mol. The van der Waals surface area contributed by atoms with Crippen molar-refractivity contribution in [2.75, 3.05) is 5.32 Å². The van der Waals surface area contributed by atoms with Gasteiger partial charge in [-0.05, 0) is 50.3 Å². The van der Waals surface area contributed by atoms with Crippen molar-refractivity contribution in [2.24, 2.45) is 0 Å². The van der Waals surface area contributed by atoms with Gasteiger partial charge in [0.1, 0.15) is 5.82 Å². The van der Waals surface area contributed by atoms with E-state index >= 15 is 0 Å². The molecule has 1 atom stereocenters. The van der Waals surface area contributed by atoms with Gasteiger partial charge in [-0.3, -0.25) is 0 Å². The first kappa shape index (κ1) is 14.5. The van der Waals surface area contributed by atoms with Gasteiger partial charge in [-0.1, -0.05) is 29.8 Å². The first-order chi connectivity index (χ1) is 10.6. The summed E-state index contributed by atoms with van der Waals surface area (Å²) in [5.74, 6) is 0.870. The fraction of sp³-hybridized carbons (Fsp3) is 0.176. The van der Waals surface area contributed by atoms with Crippen LogP contribution in [0.4, 0.5) is 5.69 Å². The Morgan fingerprint density at radius 3 is 2.59 bits per heavy atom. The van der Waals surface area contributed by atoms with Crippen LogP contribution in [0.2, 0.25) is 0 Å². The van der Waals surface area contributed by atoms with Crippen LogP contribution in [0, 0.1) is 6.92 Å². The van der Waals surface area contributed by atoms with Crippen molar-refractivity contribution in [1.82, 2.24) is 15.3 Å². The highest BCUT2D eigenvalue weighted by Gasteiger charge is 2.11. The second-order valence-electron chi connectivity index (χ2n) is 5.33. The number of aryl methyl sites for hydroxylation is 1. The number of hydrogen-bond acceptors (Lipinski definition) is 2. The van der Waals surface area contributed by atoms with Crippen molar-refractivity contribution in [3.05, 3.63) is 59.9 Å². The lowest BCUT2D eigenvalue weighted by Gasteiger charge is -2.15. The normalized spacial score (nSPS) is 12.1. The largest absolute Gasteiger partial charge is 0.353 e. The SMILES string of the molecule is Cc1ccc(NC(=S)NC(C)c2nc3ccccc3[nH]2)cc1. The van der Waals surface area contributed by atoms with Gasteiger partial charge in [-0.15, -0.1) is 0 Å². The number of rotatable bonds is 3. The molecular formula is C17H18N4S. The Balaban J connectivity index is 1.66. The van der Waals surface area contributed by atoms with E-state index in [0.29, 0.717) is 5.11 Å². The number of fused-ring (bicyclic) bond motifs is 1. The third kappa shape index (κ3) is 3.26. The van der Waals surface area contributed by atoms with Crippen LogP contribution in [-0.2, 0) is 0 Å². The average Bonchev–Trinajstić information content (AvgIpc) is 2.93. The molecule has 4 nitrogen and oxygen atoms in total. The minimum atomic E-state index is -0.00199. The molecule has 0 bridgehead atoms. The molecule has 112 valence electrons. The van der Waals surface area contributed by atoms with Crippen molar-refractivity contribution in [3.63, 3.8) is 0 Å². The number of aromatic amines is 1. The molecule has 0 aliphatic carbocycles. The molecule has 1 heterocycles. The lowest BCUT2D eigenvalue weighted by atomic mass is 10.2. The van der Waals surface area contributed by atoms with E-state index in [1.165, 1.54) is 5.56 Å². The minimum absolute atomic E-state index is 0.00199. The van der Waals surface area contributed by atoms with E-state index in [4.69, 9.17) is 12.2 Å². The summed E-state index contributed by atoms with van der Waals surface area (Å²) >= 11 is 5.36. The van der Waals surface area contributed by atoms with E-state index < -0.39 is 0 Å². The van der Waals surface area contributed by atoms with Crippen LogP contribution in [0.25, 0.3) is 11.0 Å². The molecule has 22 heavy (non-hydrogen) atoms. The quantitative estimate of drug-likeness (QED) is 0.642. The minimum Gasteiger partial charge on any atom is -0.353 e. The summed E-state index contributed by atoms with van der Waals surface area (Å²) in [5.41, 5.74) is 4.19. The third-order valence-electron chi connectivity index (χ3n) is 3.47. The molecule has 3 rings (SSSR count). The van der Waals surface area contributed by atoms with Gasteiger partial charge in [0.15, 0.2) is 5.11 Å². The Morgan fingerprint density at radius 1 is 1.14 bits per heavy atom. The molecule has 3 aromatic rings. The van der Waals surface area contributed by atoms with Crippen molar-refractivity contribution >= 4 is 34.1 Å². The summed E-state index contributed by atoms with van der Waals surface area (Å²) in [6.07, 6.45) is 0. The summed E-state index contributed by atoms with van der Waals surface area (Å²) in [6, 6.07) is 16.1. The highest BCUT2D eigenvalue weighted by Crippen LogP contribution is 2.16. The van der Waals surface area contributed by atoms with E-state index in [1.807, 2.05) is 55.5 Å². The van der Waals surface area contributed by atoms with Crippen molar-refractivity contribution in [3.8, 4) is 0 Å². The molecule has 1 unspecified atom stereocenters. The van der Waals surface area contributed by atoms with Crippen LogP contribution in [0.1, 0.15) is 24.4 Å². The molecule has 2 aromatic carbocycles. The Kier molecular flexibility index (Phi) is 4.06. The van der Waals surface area contributed by atoms with Gasteiger partial charge in [0, 0.05) is 5.69 Å². The van der Waals surface area contributed by atoms with Gasteiger partial charge >= 0.3 is 0 Å². The molecule has 0 fully saturated rings. The second-order valence-corrected chi connectivity index (χ2v) is 5.73. The lowest BCUT2D eigenvalue weighted by Crippen LogP contribution is -2.31. The van der Waals surface area contributed by atoms with Crippen LogP contribution in [0.3, 0.4) is 0 Å². The first-order valence-electron chi connectivity index (χ1n) is 7.20. The van der Waals surface area contributed by atoms with Crippen LogP contribution in [-0.4, -0.2) is 15.1 Å². The Morgan fingerprint density at radius 2 is 1.86 bits per heavy atom. The fourth-order valence-electron chi connectivity index (χ4n) is 2.25. The second kappa shape index (κ2) is 6.15. The molecule has 0 spiro atoms. The molecule has 1 aromatic heterocycles. The highest BCUT2D eigenvalue weighted by molar-refractivity contribution is 7.80. The van der Waals surface area contributed by atoms with Crippen molar-refractivity contribution in [2.45, 2.75) is 19.9 Å². The van der Waals surface area contributed by atoms with Crippen LogP contribution in [0.15, 0.2) is 48.5 Å². The van der Waals surface area contributed by atoms with E-state index in [9.17, 15) is 0 Å². The van der Waals surface area contributed by atoms with Gasteiger partial charge in [-0.25, -0.2) is 4.98 Å². The monoisotopic (exact) mass is 310 g/mol. The molecule has 5 heteroatoms. The number of aromatic nitrogens is 2. The van der Waals surface area contributed by atoms with Gasteiger partial charge in [-0.2, -0.15) is 0 Å². The van der Waals surface area contributed by atoms with Crippen LogP contribution in [0.5, 0.6) is 0 Å². The Bertz CT molecular complexity index is 759. The lowest BCUT2D eigenvalue weighted by molar-refractivity contribution is 0.680. The zero-order valence-corrected chi connectivity index (χ0v) is 13.4. The van der Waals surface area contributed by atoms with Gasteiger partial charge in [0.05, 0.1) is 17.1 Å². The maximum Gasteiger partial charge on any atom is 0.171 e. The van der Waals surface area contributed by atoms with Gasteiger partial charge in [0.2, 0.25) is 0 Å². The van der Waals surface area contributed by atoms with Crippen LogP contribution >= 0.6 is 12.2 Å². The van der Waals surface area contributed by atoms with E-state index in [0.717, 1.165) is 22.5 Å². The summed E-state index contributed by atoms with van der Waals surface area (Å²) in [4.78, 5) is 7.89. The molecule has 0 saturated carbocycles. The number of hydrogen-bond donors (Lipinski definition) is 3. The van der Waals surface area contributed by atoms with E-state index in [-0.39, 0.29) is 6.04 Å². The summed E-state index contributed by atoms with van der Waals surface area (Å²) < 4.78 is 0.